The summed E-state index contributed by atoms with van der Waals surface area (Å²) in [5.74, 6) is 0.694. The van der Waals surface area contributed by atoms with Gasteiger partial charge in [0.15, 0.2) is 0 Å². The minimum atomic E-state index is 0.501. The van der Waals surface area contributed by atoms with Crippen molar-refractivity contribution < 1.29 is 0 Å². The topological polar surface area (TPSA) is 28.7 Å². The van der Waals surface area contributed by atoms with E-state index in [0.29, 0.717) is 15.9 Å². The summed E-state index contributed by atoms with van der Waals surface area (Å²) < 4.78 is 0. The largest absolute Gasteiger partial charge is 0.345 e. The second-order valence-corrected chi connectivity index (χ2v) is 3.80. The number of hydrogen-bond acceptors (Lipinski definition) is 1. The number of benzene rings is 1. The molecule has 76 valence electrons. The summed E-state index contributed by atoms with van der Waals surface area (Å²) in [7, 11) is 0. The molecule has 0 spiro atoms. The van der Waals surface area contributed by atoms with Crippen LogP contribution in [-0.4, -0.2) is 9.97 Å². The predicted molar refractivity (Wildman–Crippen MR) is 63.2 cm³/mol. The predicted octanol–water partition coefficient (Wildman–Crippen LogP) is 3.78. The average molecular weight is 239 g/mol. The molecule has 0 unspecified atom stereocenters. The number of hydrogen-bond donors (Lipinski definition) is 1. The normalized spacial score (nSPS) is 10.3. The van der Waals surface area contributed by atoms with Crippen LogP contribution in [0.1, 0.15) is 11.4 Å². The molecule has 0 saturated carbocycles. The first-order chi connectivity index (χ1) is 7.20. The molecule has 0 atom stereocenters. The van der Waals surface area contributed by atoms with Crippen LogP contribution in [0, 0.1) is 0 Å². The van der Waals surface area contributed by atoms with E-state index in [2.05, 4.69) is 16.5 Å². The lowest BCUT2D eigenvalue weighted by molar-refractivity contribution is 1.24. The molecule has 2 rings (SSSR count). The molecule has 15 heavy (non-hydrogen) atoms. The summed E-state index contributed by atoms with van der Waals surface area (Å²) in [6.07, 6.45) is 3.40. The fourth-order valence-corrected chi connectivity index (χ4v) is 1.71. The quantitative estimate of drug-likeness (QED) is 0.848. The molecular formula is C11H8Cl2N2. The minimum Gasteiger partial charge on any atom is -0.345 e. The number of nitrogens with one attached hydrogen (secondary N) is 1. The van der Waals surface area contributed by atoms with E-state index in [1.54, 1.807) is 18.5 Å². The maximum absolute atomic E-state index is 6.07. The van der Waals surface area contributed by atoms with E-state index in [1.807, 2.05) is 12.1 Å². The van der Waals surface area contributed by atoms with Gasteiger partial charge in [-0.05, 0) is 6.07 Å². The summed E-state index contributed by atoms with van der Waals surface area (Å²) >= 11 is 12.0. The fourth-order valence-electron chi connectivity index (χ4n) is 1.29. The summed E-state index contributed by atoms with van der Waals surface area (Å²) in [5, 5.41) is 1.02. The van der Waals surface area contributed by atoms with E-state index in [9.17, 15) is 0 Å². The maximum Gasteiger partial charge on any atom is 0.137 e. The first-order valence-electron chi connectivity index (χ1n) is 4.33. The third-order valence-electron chi connectivity index (χ3n) is 2.06. The monoisotopic (exact) mass is 238 g/mol. The van der Waals surface area contributed by atoms with Gasteiger partial charge in [0.25, 0.3) is 0 Å². The van der Waals surface area contributed by atoms with Crippen molar-refractivity contribution in [1.82, 2.24) is 9.97 Å². The first kappa shape index (κ1) is 10.3. The van der Waals surface area contributed by atoms with E-state index in [0.717, 1.165) is 11.1 Å². The van der Waals surface area contributed by atoms with Gasteiger partial charge in [0.05, 0.1) is 10.0 Å². The molecule has 0 bridgehead atoms. The second kappa shape index (κ2) is 4.09. The van der Waals surface area contributed by atoms with E-state index in [4.69, 9.17) is 23.2 Å². The molecule has 0 saturated heterocycles. The number of aromatic nitrogens is 2. The molecule has 0 aliphatic carbocycles. The molecule has 1 aromatic carbocycles. The highest BCUT2D eigenvalue weighted by Crippen LogP contribution is 2.31. The van der Waals surface area contributed by atoms with Crippen LogP contribution in [0.25, 0.3) is 5.57 Å². The van der Waals surface area contributed by atoms with Gasteiger partial charge < -0.3 is 4.98 Å². The van der Waals surface area contributed by atoms with Gasteiger partial charge in [-0.15, -0.1) is 0 Å². The molecule has 2 nitrogen and oxygen atoms in total. The van der Waals surface area contributed by atoms with Gasteiger partial charge in [-0.2, -0.15) is 0 Å². The van der Waals surface area contributed by atoms with Crippen molar-refractivity contribution in [2.45, 2.75) is 0 Å². The van der Waals surface area contributed by atoms with Crippen LogP contribution in [0.4, 0.5) is 0 Å². The Morgan fingerprint density at radius 2 is 2.13 bits per heavy atom. The van der Waals surface area contributed by atoms with Gasteiger partial charge in [-0.1, -0.05) is 41.9 Å². The zero-order chi connectivity index (χ0) is 10.8. The van der Waals surface area contributed by atoms with Crippen molar-refractivity contribution in [2.75, 3.05) is 0 Å². The summed E-state index contributed by atoms with van der Waals surface area (Å²) in [6, 6.07) is 5.43. The zero-order valence-electron chi connectivity index (χ0n) is 7.80. The molecule has 0 amide bonds. The fraction of sp³-hybridized carbons (Fsp3) is 0. The van der Waals surface area contributed by atoms with Crippen LogP contribution >= 0.6 is 23.2 Å². The van der Waals surface area contributed by atoms with Gasteiger partial charge in [0.2, 0.25) is 0 Å². The number of nitrogens with zero attached hydrogens (tertiary/aromatic N) is 1. The van der Waals surface area contributed by atoms with Gasteiger partial charge in [-0.25, -0.2) is 4.98 Å². The van der Waals surface area contributed by atoms with Crippen molar-refractivity contribution in [3.05, 3.63) is 58.6 Å². The van der Waals surface area contributed by atoms with Gasteiger partial charge >= 0.3 is 0 Å². The van der Waals surface area contributed by atoms with Gasteiger partial charge in [0.1, 0.15) is 5.82 Å². The van der Waals surface area contributed by atoms with Crippen molar-refractivity contribution >= 4 is 28.8 Å². The molecule has 0 fully saturated rings. The highest BCUT2D eigenvalue weighted by molar-refractivity contribution is 6.43. The molecule has 2 aromatic rings. The lowest BCUT2D eigenvalue weighted by atomic mass is 10.1. The Labute approximate surface area is 97.6 Å². The maximum atomic E-state index is 6.07. The second-order valence-electron chi connectivity index (χ2n) is 3.02. The Balaban J connectivity index is 2.47. The Kier molecular flexibility index (Phi) is 2.80. The minimum absolute atomic E-state index is 0.501. The summed E-state index contributed by atoms with van der Waals surface area (Å²) in [6.45, 7) is 3.93. The molecule has 4 heteroatoms. The Bertz CT molecular complexity index is 489. The van der Waals surface area contributed by atoms with Crippen molar-refractivity contribution in [3.63, 3.8) is 0 Å². The Morgan fingerprint density at radius 3 is 2.80 bits per heavy atom. The average Bonchev–Trinajstić information content (AvgIpc) is 2.74. The summed E-state index contributed by atoms with van der Waals surface area (Å²) in [5.41, 5.74) is 1.52. The summed E-state index contributed by atoms with van der Waals surface area (Å²) in [4.78, 5) is 7.08. The van der Waals surface area contributed by atoms with Gasteiger partial charge in [0, 0.05) is 23.5 Å². The van der Waals surface area contributed by atoms with Crippen LogP contribution in [0.3, 0.4) is 0 Å². The van der Waals surface area contributed by atoms with Crippen molar-refractivity contribution in [3.8, 4) is 0 Å². The lowest BCUT2D eigenvalue weighted by Crippen LogP contribution is -1.90. The van der Waals surface area contributed by atoms with Crippen LogP contribution in [0.2, 0.25) is 10.0 Å². The lowest BCUT2D eigenvalue weighted by Gasteiger charge is -2.06. The number of halogens is 2. The number of rotatable bonds is 2. The van der Waals surface area contributed by atoms with Crippen LogP contribution in [-0.2, 0) is 0 Å². The van der Waals surface area contributed by atoms with Crippen molar-refractivity contribution in [1.29, 1.82) is 0 Å². The van der Waals surface area contributed by atoms with Crippen LogP contribution < -0.4 is 0 Å². The third-order valence-corrected chi connectivity index (χ3v) is 2.88. The molecular weight excluding hydrogens is 231 g/mol. The zero-order valence-corrected chi connectivity index (χ0v) is 9.31. The molecule has 1 N–H and O–H groups in total. The third kappa shape index (κ3) is 1.91. The molecule has 0 aliphatic rings. The standard InChI is InChI=1S/C11H8Cl2N2/c1-7(11-14-5-6-15-11)8-3-2-4-9(12)10(8)13/h2-6H,1H2,(H,14,15). The Hall–Kier alpha value is -1.25. The molecule has 0 radical (unpaired) electrons. The highest BCUT2D eigenvalue weighted by Gasteiger charge is 2.10. The van der Waals surface area contributed by atoms with E-state index >= 15 is 0 Å². The van der Waals surface area contributed by atoms with E-state index in [1.165, 1.54) is 0 Å². The molecule has 1 aromatic heterocycles. The van der Waals surface area contributed by atoms with E-state index in [-0.39, 0.29) is 0 Å². The first-order valence-corrected chi connectivity index (χ1v) is 5.09. The Morgan fingerprint density at radius 1 is 1.33 bits per heavy atom. The highest BCUT2D eigenvalue weighted by atomic mass is 35.5. The molecule has 1 heterocycles. The van der Waals surface area contributed by atoms with Gasteiger partial charge in [-0.3, -0.25) is 0 Å². The number of aromatic amines is 1. The van der Waals surface area contributed by atoms with E-state index < -0.39 is 0 Å². The number of H-pyrrole nitrogens is 1. The SMILES string of the molecule is C=C(c1ncc[nH]1)c1cccc(Cl)c1Cl. The van der Waals surface area contributed by atoms with Crippen LogP contribution in [0.5, 0.6) is 0 Å². The van der Waals surface area contributed by atoms with Crippen molar-refractivity contribution in [2.24, 2.45) is 0 Å². The number of imidazole rings is 1. The van der Waals surface area contributed by atoms with Crippen LogP contribution in [0.15, 0.2) is 37.2 Å². The molecule has 0 aliphatic heterocycles. The smallest absolute Gasteiger partial charge is 0.137 e.